The average molecular weight is 241 g/mol. The van der Waals surface area contributed by atoms with E-state index in [1.165, 1.54) is 18.5 Å². The Hall–Kier alpha value is -1.91. The molecule has 18 heavy (non-hydrogen) atoms. The van der Waals surface area contributed by atoms with Crippen molar-refractivity contribution in [3.8, 4) is 0 Å². The third kappa shape index (κ3) is 1.58. The first-order valence-electron chi connectivity index (χ1n) is 6.47. The third-order valence-corrected chi connectivity index (χ3v) is 3.73. The maximum absolute atomic E-state index is 4.51. The van der Waals surface area contributed by atoms with Crippen LogP contribution in [0.25, 0.3) is 0 Å². The van der Waals surface area contributed by atoms with Gasteiger partial charge >= 0.3 is 0 Å². The lowest BCUT2D eigenvalue weighted by molar-refractivity contribution is 0.365. The average Bonchev–Trinajstić information content (AvgIpc) is 3.06. The van der Waals surface area contributed by atoms with Gasteiger partial charge < -0.3 is 4.90 Å². The van der Waals surface area contributed by atoms with Crippen LogP contribution in [-0.4, -0.2) is 32.8 Å². The molecule has 1 saturated heterocycles. The lowest BCUT2D eigenvalue weighted by Crippen LogP contribution is -2.48. The number of aromatic nitrogens is 4. The molecule has 0 spiro atoms. The first-order valence-corrected chi connectivity index (χ1v) is 6.47. The second kappa shape index (κ2) is 3.80. The van der Waals surface area contributed by atoms with E-state index in [-0.39, 0.29) is 0 Å². The molecule has 2 fully saturated rings. The molecule has 2 aromatic heterocycles. The first-order chi connectivity index (χ1) is 8.92. The molecule has 92 valence electrons. The summed E-state index contributed by atoms with van der Waals surface area (Å²) in [5.41, 5.74) is 1.19. The van der Waals surface area contributed by atoms with Gasteiger partial charge in [0.25, 0.3) is 0 Å². The van der Waals surface area contributed by atoms with Crippen LogP contribution < -0.4 is 4.90 Å². The summed E-state index contributed by atoms with van der Waals surface area (Å²) in [7, 11) is 0. The van der Waals surface area contributed by atoms with Crippen molar-refractivity contribution in [1.29, 1.82) is 0 Å². The molecule has 5 nitrogen and oxygen atoms in total. The van der Waals surface area contributed by atoms with Crippen molar-refractivity contribution in [3.63, 3.8) is 0 Å². The lowest BCUT2D eigenvalue weighted by atomic mass is 10.1. The topological polar surface area (TPSA) is 46.8 Å². The van der Waals surface area contributed by atoms with Gasteiger partial charge in [0.05, 0.1) is 11.7 Å². The zero-order valence-electron chi connectivity index (χ0n) is 10.1. The van der Waals surface area contributed by atoms with Crippen LogP contribution in [0.15, 0.2) is 30.9 Å². The number of hydrogen-bond donors (Lipinski definition) is 0. The largest absolute Gasteiger partial charge is 0.351 e. The highest BCUT2D eigenvalue weighted by Crippen LogP contribution is 2.43. The van der Waals surface area contributed by atoms with E-state index in [1.807, 2.05) is 29.3 Å². The van der Waals surface area contributed by atoms with Crippen molar-refractivity contribution < 1.29 is 0 Å². The zero-order chi connectivity index (χ0) is 11.9. The van der Waals surface area contributed by atoms with Crippen LogP contribution >= 0.6 is 0 Å². The Labute approximate surface area is 105 Å². The SMILES string of the molecule is c1cnn(C2CN(c3nccnc3C3CC3)C2)c1. The highest BCUT2D eigenvalue weighted by Gasteiger charge is 2.35. The van der Waals surface area contributed by atoms with Crippen LogP contribution in [0.3, 0.4) is 0 Å². The molecule has 0 radical (unpaired) electrons. The number of rotatable bonds is 3. The quantitative estimate of drug-likeness (QED) is 0.819. The Balaban J connectivity index is 1.53. The van der Waals surface area contributed by atoms with Gasteiger partial charge in [0.15, 0.2) is 5.82 Å². The molecule has 4 rings (SSSR count). The highest BCUT2D eigenvalue weighted by molar-refractivity contribution is 5.49. The summed E-state index contributed by atoms with van der Waals surface area (Å²) in [4.78, 5) is 11.3. The van der Waals surface area contributed by atoms with Crippen LogP contribution in [0.2, 0.25) is 0 Å². The van der Waals surface area contributed by atoms with E-state index < -0.39 is 0 Å². The molecular formula is C13H15N5. The minimum Gasteiger partial charge on any atom is -0.351 e. The van der Waals surface area contributed by atoms with E-state index in [2.05, 4.69) is 20.0 Å². The second-order valence-corrected chi connectivity index (χ2v) is 5.08. The van der Waals surface area contributed by atoms with Crippen LogP contribution in [0.1, 0.15) is 30.5 Å². The Morgan fingerprint density at radius 1 is 1.06 bits per heavy atom. The first kappa shape index (κ1) is 10.1. The van der Waals surface area contributed by atoms with Gasteiger partial charge in [0, 0.05) is 43.8 Å². The molecule has 0 amide bonds. The summed E-state index contributed by atoms with van der Waals surface area (Å²) in [5.74, 6) is 1.74. The van der Waals surface area contributed by atoms with Crippen LogP contribution in [-0.2, 0) is 0 Å². The molecule has 5 heteroatoms. The van der Waals surface area contributed by atoms with Gasteiger partial charge in [-0.25, -0.2) is 4.98 Å². The van der Waals surface area contributed by atoms with Crippen molar-refractivity contribution in [2.75, 3.05) is 18.0 Å². The Bertz CT molecular complexity index is 540. The van der Waals surface area contributed by atoms with Crippen LogP contribution in [0.5, 0.6) is 0 Å². The second-order valence-electron chi connectivity index (χ2n) is 5.08. The predicted octanol–water partition coefficient (Wildman–Crippen LogP) is 1.61. The number of anilines is 1. The smallest absolute Gasteiger partial charge is 0.150 e. The Kier molecular flexibility index (Phi) is 2.12. The van der Waals surface area contributed by atoms with E-state index in [0.717, 1.165) is 18.9 Å². The summed E-state index contributed by atoms with van der Waals surface area (Å²) >= 11 is 0. The van der Waals surface area contributed by atoms with Gasteiger partial charge in [-0.15, -0.1) is 0 Å². The molecule has 0 N–H and O–H groups in total. The van der Waals surface area contributed by atoms with Gasteiger partial charge in [-0.2, -0.15) is 5.10 Å². The van der Waals surface area contributed by atoms with Gasteiger partial charge in [0.1, 0.15) is 0 Å². The fourth-order valence-electron chi connectivity index (χ4n) is 2.52. The van der Waals surface area contributed by atoms with E-state index in [9.17, 15) is 0 Å². The molecule has 2 aromatic rings. The molecular weight excluding hydrogens is 226 g/mol. The van der Waals surface area contributed by atoms with E-state index in [0.29, 0.717) is 12.0 Å². The van der Waals surface area contributed by atoms with Crippen LogP contribution in [0, 0.1) is 0 Å². The van der Waals surface area contributed by atoms with Gasteiger partial charge in [-0.05, 0) is 18.9 Å². The minimum absolute atomic E-state index is 0.481. The van der Waals surface area contributed by atoms with Gasteiger partial charge in [0.2, 0.25) is 0 Å². The van der Waals surface area contributed by atoms with Crippen LogP contribution in [0.4, 0.5) is 5.82 Å². The zero-order valence-corrected chi connectivity index (χ0v) is 10.1. The molecule has 1 aliphatic carbocycles. The maximum atomic E-state index is 4.51. The van der Waals surface area contributed by atoms with Gasteiger partial charge in [-0.1, -0.05) is 0 Å². The molecule has 3 heterocycles. The summed E-state index contributed by atoms with van der Waals surface area (Å²) in [5, 5.41) is 4.29. The van der Waals surface area contributed by atoms with E-state index >= 15 is 0 Å². The fourth-order valence-corrected chi connectivity index (χ4v) is 2.52. The van der Waals surface area contributed by atoms with Crippen molar-refractivity contribution in [2.24, 2.45) is 0 Å². The fraction of sp³-hybridized carbons (Fsp3) is 0.462. The summed E-state index contributed by atoms with van der Waals surface area (Å²) in [6.45, 7) is 1.97. The molecule has 1 saturated carbocycles. The molecule has 0 atom stereocenters. The summed E-state index contributed by atoms with van der Waals surface area (Å²) < 4.78 is 2.03. The lowest BCUT2D eigenvalue weighted by Gasteiger charge is -2.40. The monoisotopic (exact) mass is 241 g/mol. The standard InChI is InChI=1S/C13H15N5/c1-4-16-18(7-1)11-8-17(9-11)13-12(10-2-3-10)14-5-6-15-13/h1,4-7,10-11H,2-3,8-9H2. The number of hydrogen-bond acceptors (Lipinski definition) is 4. The molecule has 1 aliphatic heterocycles. The van der Waals surface area contributed by atoms with Gasteiger partial charge in [-0.3, -0.25) is 9.67 Å². The molecule has 0 aromatic carbocycles. The van der Waals surface area contributed by atoms with E-state index in [1.54, 1.807) is 6.20 Å². The summed E-state index contributed by atoms with van der Waals surface area (Å²) in [6.07, 6.45) is 10.00. The third-order valence-electron chi connectivity index (χ3n) is 3.73. The maximum Gasteiger partial charge on any atom is 0.150 e. The van der Waals surface area contributed by atoms with E-state index in [4.69, 9.17) is 0 Å². The molecule has 2 aliphatic rings. The normalized spacial score (nSPS) is 19.9. The Morgan fingerprint density at radius 2 is 1.89 bits per heavy atom. The number of nitrogens with zero attached hydrogens (tertiary/aromatic N) is 5. The molecule has 0 unspecified atom stereocenters. The molecule has 0 bridgehead atoms. The minimum atomic E-state index is 0.481. The van der Waals surface area contributed by atoms with Crippen molar-refractivity contribution in [3.05, 3.63) is 36.5 Å². The summed E-state index contributed by atoms with van der Waals surface area (Å²) in [6, 6.07) is 2.45. The highest BCUT2D eigenvalue weighted by atomic mass is 15.4. The van der Waals surface area contributed by atoms with Crippen molar-refractivity contribution in [1.82, 2.24) is 19.7 Å². The van der Waals surface area contributed by atoms with Crippen molar-refractivity contribution in [2.45, 2.75) is 24.8 Å². The van der Waals surface area contributed by atoms with Crippen molar-refractivity contribution >= 4 is 5.82 Å². The Morgan fingerprint density at radius 3 is 2.61 bits per heavy atom. The predicted molar refractivity (Wildman–Crippen MR) is 67.5 cm³/mol.